The van der Waals surface area contributed by atoms with Crippen LogP contribution < -0.4 is 0 Å². The first-order valence-corrected chi connectivity index (χ1v) is 5.76. The molecule has 1 N–H and O–H groups in total. The Kier molecular flexibility index (Phi) is 4.74. The van der Waals surface area contributed by atoms with Crippen molar-refractivity contribution in [1.82, 2.24) is 14.7 Å². The van der Waals surface area contributed by atoms with Gasteiger partial charge in [0.05, 0.1) is 6.42 Å². The highest BCUT2D eigenvalue weighted by atomic mass is 16.4. The maximum atomic E-state index is 11.9. The fourth-order valence-electron chi connectivity index (χ4n) is 1.79. The lowest BCUT2D eigenvalue weighted by Gasteiger charge is -2.40. The van der Waals surface area contributed by atoms with Gasteiger partial charge in [-0.25, -0.2) is 4.79 Å². The molecule has 0 saturated carbocycles. The summed E-state index contributed by atoms with van der Waals surface area (Å²) in [5.41, 5.74) is 0. The lowest BCUT2D eigenvalue weighted by atomic mass is 9.97. The summed E-state index contributed by atoms with van der Waals surface area (Å²) in [4.78, 5) is 27.7. The number of nitrogens with zero attached hydrogens (tertiary/aromatic N) is 3. The van der Waals surface area contributed by atoms with Gasteiger partial charge in [0, 0.05) is 39.1 Å². The van der Waals surface area contributed by atoms with Crippen LogP contribution in [0, 0.1) is 5.92 Å². The Bertz CT molecular complexity index is 288. The summed E-state index contributed by atoms with van der Waals surface area (Å²) < 4.78 is 0. The maximum Gasteiger partial charge on any atom is 0.319 e. The molecule has 17 heavy (non-hydrogen) atoms. The van der Waals surface area contributed by atoms with Gasteiger partial charge in [-0.15, -0.1) is 0 Å². The summed E-state index contributed by atoms with van der Waals surface area (Å²) >= 11 is 0. The van der Waals surface area contributed by atoms with Gasteiger partial charge < -0.3 is 19.8 Å². The van der Waals surface area contributed by atoms with Gasteiger partial charge in [0.15, 0.2) is 0 Å². The van der Waals surface area contributed by atoms with Crippen LogP contribution in [0.4, 0.5) is 4.79 Å². The van der Waals surface area contributed by atoms with E-state index in [0.717, 1.165) is 6.54 Å². The lowest BCUT2D eigenvalue weighted by Crippen LogP contribution is -2.55. The second kappa shape index (κ2) is 5.86. The number of carboxylic acids is 1. The van der Waals surface area contributed by atoms with Crippen LogP contribution in [0.2, 0.25) is 0 Å². The fraction of sp³-hybridized carbons (Fsp3) is 0.818. The van der Waals surface area contributed by atoms with Gasteiger partial charge in [0.1, 0.15) is 0 Å². The summed E-state index contributed by atoms with van der Waals surface area (Å²) in [6.07, 6.45) is 0.158. The quantitative estimate of drug-likeness (QED) is 0.738. The second-order valence-corrected chi connectivity index (χ2v) is 4.88. The molecule has 1 fully saturated rings. The van der Waals surface area contributed by atoms with Gasteiger partial charge in [0.25, 0.3) is 0 Å². The van der Waals surface area contributed by atoms with Crippen LogP contribution in [0.1, 0.15) is 6.42 Å². The molecule has 0 unspecified atom stereocenters. The number of carbonyl (C=O) groups is 2. The Hall–Kier alpha value is -1.30. The van der Waals surface area contributed by atoms with Crippen LogP contribution in [0.3, 0.4) is 0 Å². The van der Waals surface area contributed by atoms with Gasteiger partial charge in [-0.1, -0.05) is 0 Å². The summed E-state index contributed by atoms with van der Waals surface area (Å²) in [6, 6.07) is -0.00603. The molecule has 0 radical (unpaired) electrons. The molecule has 0 atom stereocenters. The molecule has 1 aliphatic heterocycles. The molecule has 1 saturated heterocycles. The van der Waals surface area contributed by atoms with E-state index in [4.69, 9.17) is 5.11 Å². The zero-order valence-corrected chi connectivity index (χ0v) is 10.7. The molecule has 98 valence electrons. The van der Waals surface area contributed by atoms with E-state index in [1.54, 1.807) is 16.8 Å². The minimum absolute atomic E-state index is 0.00603. The van der Waals surface area contributed by atoms with Crippen molar-refractivity contribution in [3.63, 3.8) is 0 Å². The van der Waals surface area contributed by atoms with Crippen molar-refractivity contribution in [2.45, 2.75) is 6.42 Å². The Morgan fingerprint density at radius 3 is 2.29 bits per heavy atom. The predicted octanol–water partition coefficient (Wildman–Crippen LogP) is 0.00630. The third-order valence-electron chi connectivity index (χ3n) is 2.90. The number of likely N-dealkylation sites (N-methyl/N-ethyl adjacent to an activating group) is 2. The van der Waals surface area contributed by atoms with Crippen molar-refractivity contribution in [2.24, 2.45) is 5.92 Å². The minimum Gasteiger partial charge on any atom is -0.481 e. The van der Waals surface area contributed by atoms with Crippen molar-refractivity contribution >= 4 is 12.0 Å². The average molecular weight is 243 g/mol. The zero-order valence-electron chi connectivity index (χ0n) is 10.7. The summed E-state index contributed by atoms with van der Waals surface area (Å²) in [5, 5.41) is 8.61. The number of carboxylic acid groups (broad SMARTS) is 1. The van der Waals surface area contributed by atoms with Crippen molar-refractivity contribution < 1.29 is 14.7 Å². The lowest BCUT2D eigenvalue weighted by molar-refractivity contribution is -0.139. The highest BCUT2D eigenvalue weighted by Gasteiger charge is 2.33. The van der Waals surface area contributed by atoms with Gasteiger partial charge in [-0.05, 0) is 14.1 Å². The Morgan fingerprint density at radius 1 is 1.24 bits per heavy atom. The van der Waals surface area contributed by atoms with Gasteiger partial charge in [-0.2, -0.15) is 0 Å². The van der Waals surface area contributed by atoms with E-state index < -0.39 is 5.97 Å². The van der Waals surface area contributed by atoms with Gasteiger partial charge in [0.2, 0.25) is 0 Å². The van der Waals surface area contributed by atoms with E-state index in [1.165, 1.54) is 0 Å². The predicted molar refractivity (Wildman–Crippen MR) is 63.9 cm³/mol. The van der Waals surface area contributed by atoms with Crippen LogP contribution in [0.25, 0.3) is 0 Å². The molecule has 1 aliphatic rings. The molecular formula is C11H21N3O3. The van der Waals surface area contributed by atoms with E-state index in [-0.39, 0.29) is 18.4 Å². The summed E-state index contributed by atoms with van der Waals surface area (Å²) in [6.45, 7) is 2.65. The van der Waals surface area contributed by atoms with Crippen LogP contribution in [0.5, 0.6) is 0 Å². The first kappa shape index (κ1) is 13.8. The van der Waals surface area contributed by atoms with E-state index in [2.05, 4.69) is 0 Å². The number of carbonyl (C=O) groups excluding carboxylic acids is 1. The Morgan fingerprint density at radius 2 is 1.82 bits per heavy atom. The van der Waals surface area contributed by atoms with Crippen LogP contribution >= 0.6 is 0 Å². The first-order valence-electron chi connectivity index (χ1n) is 5.76. The molecule has 6 nitrogen and oxygen atoms in total. The van der Waals surface area contributed by atoms with Gasteiger partial charge in [-0.3, -0.25) is 4.79 Å². The number of hydrogen-bond acceptors (Lipinski definition) is 3. The summed E-state index contributed by atoms with van der Waals surface area (Å²) in [5.74, 6) is -0.665. The maximum absolute atomic E-state index is 11.9. The standard InChI is InChI=1S/C11H21N3O3/c1-12(2)4-5-13(3)11(17)14-7-9(8-14)6-10(15)16/h9H,4-8H2,1-3H3,(H,15,16). The topological polar surface area (TPSA) is 64.1 Å². The zero-order chi connectivity index (χ0) is 13.0. The average Bonchev–Trinajstić information content (AvgIpc) is 2.17. The normalized spacial score (nSPS) is 15.9. The number of rotatable bonds is 5. The third-order valence-corrected chi connectivity index (χ3v) is 2.90. The molecule has 6 heteroatoms. The molecule has 0 aromatic heterocycles. The van der Waals surface area contributed by atoms with E-state index in [0.29, 0.717) is 19.6 Å². The smallest absolute Gasteiger partial charge is 0.319 e. The Balaban J connectivity index is 2.24. The molecule has 1 heterocycles. The molecular weight excluding hydrogens is 222 g/mol. The molecule has 1 rings (SSSR count). The highest BCUT2D eigenvalue weighted by Crippen LogP contribution is 2.20. The molecule has 0 bridgehead atoms. The van der Waals surface area contributed by atoms with Crippen LogP contribution in [-0.4, -0.2) is 79.1 Å². The fourth-order valence-corrected chi connectivity index (χ4v) is 1.79. The molecule has 0 aromatic carbocycles. The van der Waals surface area contributed by atoms with E-state index in [9.17, 15) is 9.59 Å². The van der Waals surface area contributed by atoms with Crippen LogP contribution in [-0.2, 0) is 4.79 Å². The van der Waals surface area contributed by atoms with E-state index in [1.807, 2.05) is 19.0 Å². The molecule has 0 aliphatic carbocycles. The molecule has 0 aromatic rings. The third kappa shape index (κ3) is 4.22. The second-order valence-electron chi connectivity index (χ2n) is 4.88. The number of urea groups is 1. The highest BCUT2D eigenvalue weighted by molar-refractivity contribution is 5.75. The largest absolute Gasteiger partial charge is 0.481 e. The SMILES string of the molecule is CN(C)CCN(C)C(=O)N1CC(CC(=O)O)C1. The monoisotopic (exact) mass is 243 g/mol. The minimum atomic E-state index is -0.789. The van der Waals surface area contributed by atoms with Crippen molar-refractivity contribution in [3.05, 3.63) is 0 Å². The summed E-state index contributed by atoms with van der Waals surface area (Å²) in [7, 11) is 5.70. The number of likely N-dealkylation sites (tertiary alicyclic amines) is 1. The van der Waals surface area contributed by atoms with Crippen molar-refractivity contribution in [2.75, 3.05) is 47.3 Å². The molecule has 0 spiro atoms. The number of aliphatic carboxylic acids is 1. The van der Waals surface area contributed by atoms with Gasteiger partial charge >= 0.3 is 12.0 Å². The van der Waals surface area contributed by atoms with Crippen molar-refractivity contribution in [3.8, 4) is 0 Å². The van der Waals surface area contributed by atoms with E-state index >= 15 is 0 Å². The number of amides is 2. The van der Waals surface area contributed by atoms with Crippen LogP contribution in [0.15, 0.2) is 0 Å². The van der Waals surface area contributed by atoms with Crippen molar-refractivity contribution in [1.29, 1.82) is 0 Å². The Labute approximate surface area is 102 Å². The molecule has 2 amide bonds. The number of hydrogen-bond donors (Lipinski definition) is 1. The first-order chi connectivity index (χ1) is 7.90.